The molecule has 0 aromatic carbocycles. The quantitative estimate of drug-likeness (QED) is 0.717. The zero-order chi connectivity index (χ0) is 18.1. The molecule has 0 saturated carbocycles. The molecule has 10 heteroatoms. The molecule has 0 spiro atoms. The van der Waals surface area contributed by atoms with Gasteiger partial charge in [-0.25, -0.2) is 24.3 Å². The number of hydrogen-bond donors (Lipinski definition) is 2. The highest BCUT2D eigenvalue weighted by Gasteiger charge is 2.24. The molecular weight excluding hydrogens is 357 g/mol. The minimum absolute atomic E-state index is 0.167. The van der Waals surface area contributed by atoms with Gasteiger partial charge < -0.3 is 20.7 Å². The maximum atomic E-state index is 14.3. The molecule has 1 unspecified atom stereocenters. The smallest absolute Gasteiger partial charge is 0.186 e. The number of hydrogen-bond acceptors (Lipinski definition) is 9. The number of anilines is 4. The number of methoxy groups -OCH3 is 1. The normalized spacial score (nSPS) is 17.6. The summed E-state index contributed by atoms with van der Waals surface area (Å²) in [7, 11) is 1.71. The van der Waals surface area contributed by atoms with Gasteiger partial charge in [0.05, 0.1) is 12.3 Å². The van der Waals surface area contributed by atoms with Gasteiger partial charge in [-0.2, -0.15) is 0 Å². The number of fused-ring (bicyclic) bond motifs is 1. The Labute approximate surface area is 153 Å². The third-order valence-corrected chi connectivity index (χ3v) is 5.40. The average molecular weight is 375 g/mol. The maximum Gasteiger partial charge on any atom is 0.186 e. The average Bonchev–Trinajstić information content (AvgIpc) is 3.11. The van der Waals surface area contributed by atoms with Crippen molar-refractivity contribution in [3.63, 3.8) is 0 Å². The van der Waals surface area contributed by atoms with Crippen molar-refractivity contribution in [1.29, 1.82) is 0 Å². The van der Waals surface area contributed by atoms with Crippen LogP contribution in [0.15, 0.2) is 18.6 Å². The Morgan fingerprint density at radius 2 is 2.27 bits per heavy atom. The van der Waals surface area contributed by atoms with E-state index in [4.69, 9.17) is 10.5 Å². The van der Waals surface area contributed by atoms with Crippen molar-refractivity contribution < 1.29 is 9.13 Å². The lowest BCUT2D eigenvalue weighted by Crippen LogP contribution is -2.39. The summed E-state index contributed by atoms with van der Waals surface area (Å²) in [5.74, 6) is 0.870. The van der Waals surface area contributed by atoms with Crippen LogP contribution in [0.2, 0.25) is 0 Å². The van der Waals surface area contributed by atoms with Gasteiger partial charge in [-0.3, -0.25) is 0 Å². The van der Waals surface area contributed by atoms with Crippen LogP contribution in [0.25, 0.3) is 10.2 Å². The molecule has 26 heavy (non-hydrogen) atoms. The van der Waals surface area contributed by atoms with Gasteiger partial charge in [0.1, 0.15) is 28.2 Å². The van der Waals surface area contributed by atoms with E-state index in [1.165, 1.54) is 17.7 Å². The standard InChI is InChI=1S/C16H18FN7OS/c1-25-9-3-2-4-24(7-9)16-23-13-10(17)6-19-15(14(13)26-16)22-12-5-11(18)20-8-21-12/h5-6,8-9H,2-4,7H2,1H3,(H3,18,19,20,21,22). The van der Waals surface area contributed by atoms with Crippen LogP contribution in [0.3, 0.4) is 0 Å². The van der Waals surface area contributed by atoms with Gasteiger partial charge in [0, 0.05) is 26.3 Å². The topological polar surface area (TPSA) is 102 Å². The second-order valence-electron chi connectivity index (χ2n) is 6.03. The van der Waals surface area contributed by atoms with Gasteiger partial charge in [-0.15, -0.1) is 0 Å². The first kappa shape index (κ1) is 16.9. The van der Waals surface area contributed by atoms with Gasteiger partial charge in [0.2, 0.25) is 0 Å². The Hall–Kier alpha value is -2.59. The number of thiazole rings is 1. The molecule has 1 saturated heterocycles. The molecule has 1 aliphatic rings. The Balaban J connectivity index is 1.69. The highest BCUT2D eigenvalue weighted by Crippen LogP contribution is 2.36. The van der Waals surface area contributed by atoms with Crippen LogP contribution in [0.4, 0.5) is 27.0 Å². The second-order valence-corrected chi connectivity index (χ2v) is 7.01. The van der Waals surface area contributed by atoms with E-state index in [-0.39, 0.29) is 6.10 Å². The highest BCUT2D eigenvalue weighted by atomic mass is 32.1. The molecule has 0 bridgehead atoms. The fourth-order valence-electron chi connectivity index (χ4n) is 2.96. The van der Waals surface area contributed by atoms with E-state index in [9.17, 15) is 4.39 Å². The second kappa shape index (κ2) is 6.96. The largest absolute Gasteiger partial charge is 0.384 e. The van der Waals surface area contributed by atoms with E-state index in [1.807, 2.05) is 0 Å². The zero-order valence-electron chi connectivity index (χ0n) is 14.1. The number of piperidine rings is 1. The van der Waals surface area contributed by atoms with Crippen LogP contribution in [0.5, 0.6) is 0 Å². The molecule has 3 aromatic heterocycles. The van der Waals surface area contributed by atoms with Crippen molar-refractivity contribution >= 4 is 44.1 Å². The SMILES string of the molecule is COC1CCCN(c2nc3c(F)cnc(Nc4cc(N)ncn4)c3s2)C1. The van der Waals surface area contributed by atoms with E-state index >= 15 is 0 Å². The summed E-state index contributed by atoms with van der Waals surface area (Å²) in [5.41, 5.74) is 5.97. The molecule has 4 heterocycles. The van der Waals surface area contributed by atoms with Gasteiger partial charge in [-0.05, 0) is 12.8 Å². The van der Waals surface area contributed by atoms with Crippen LogP contribution >= 0.6 is 11.3 Å². The minimum atomic E-state index is -0.449. The number of nitrogens with one attached hydrogen (secondary N) is 1. The van der Waals surface area contributed by atoms with E-state index in [0.717, 1.165) is 37.3 Å². The van der Waals surface area contributed by atoms with Crippen LogP contribution < -0.4 is 16.0 Å². The summed E-state index contributed by atoms with van der Waals surface area (Å²) < 4.78 is 20.4. The van der Waals surface area contributed by atoms with Crippen LogP contribution in [0, 0.1) is 5.82 Å². The number of nitrogen functional groups attached to an aromatic ring is 1. The van der Waals surface area contributed by atoms with Crippen LogP contribution in [-0.4, -0.2) is 46.2 Å². The molecule has 3 N–H and O–H groups in total. The third-order valence-electron chi connectivity index (χ3n) is 4.28. The summed E-state index contributed by atoms with van der Waals surface area (Å²) in [5, 5.41) is 3.83. The van der Waals surface area contributed by atoms with E-state index < -0.39 is 5.82 Å². The molecule has 8 nitrogen and oxygen atoms in total. The Bertz CT molecular complexity index is 934. The molecule has 0 amide bonds. The van der Waals surface area contributed by atoms with Gasteiger partial charge in [0.15, 0.2) is 16.8 Å². The third kappa shape index (κ3) is 3.25. The summed E-state index contributed by atoms with van der Waals surface area (Å²) in [6.07, 6.45) is 4.72. The van der Waals surface area contributed by atoms with Crippen molar-refractivity contribution in [2.45, 2.75) is 18.9 Å². The molecule has 136 valence electrons. The molecule has 4 rings (SSSR count). The summed E-state index contributed by atoms with van der Waals surface area (Å²) >= 11 is 1.40. The first-order chi connectivity index (χ1) is 12.6. The van der Waals surface area contributed by atoms with Gasteiger partial charge in [0.25, 0.3) is 0 Å². The van der Waals surface area contributed by atoms with E-state index in [1.54, 1.807) is 13.2 Å². The molecule has 0 radical (unpaired) electrons. The summed E-state index contributed by atoms with van der Waals surface area (Å²) in [6, 6.07) is 1.59. The predicted molar refractivity (Wildman–Crippen MR) is 99.3 cm³/mol. The summed E-state index contributed by atoms with van der Waals surface area (Å²) in [6.45, 7) is 1.62. The lowest BCUT2D eigenvalue weighted by Gasteiger charge is -2.31. The van der Waals surface area contributed by atoms with Crippen molar-refractivity contribution in [2.24, 2.45) is 0 Å². The van der Waals surface area contributed by atoms with Crippen molar-refractivity contribution in [2.75, 3.05) is 36.1 Å². The first-order valence-electron chi connectivity index (χ1n) is 8.21. The van der Waals surface area contributed by atoms with Crippen molar-refractivity contribution in [1.82, 2.24) is 19.9 Å². The molecule has 0 aliphatic carbocycles. The number of nitrogens with zero attached hydrogens (tertiary/aromatic N) is 5. The fourth-order valence-corrected chi connectivity index (χ4v) is 4.02. The molecule has 1 atom stereocenters. The zero-order valence-corrected chi connectivity index (χ0v) is 15.0. The van der Waals surface area contributed by atoms with Crippen LogP contribution in [-0.2, 0) is 4.74 Å². The molecule has 1 fully saturated rings. The maximum absolute atomic E-state index is 14.3. The molecular formula is C16H18FN7OS. The van der Waals surface area contributed by atoms with Gasteiger partial charge in [-0.1, -0.05) is 11.3 Å². The number of halogens is 1. The van der Waals surface area contributed by atoms with Crippen molar-refractivity contribution in [3.8, 4) is 0 Å². The van der Waals surface area contributed by atoms with E-state index in [0.29, 0.717) is 27.7 Å². The van der Waals surface area contributed by atoms with Crippen molar-refractivity contribution in [3.05, 3.63) is 24.4 Å². The Kier molecular flexibility index (Phi) is 4.51. The lowest BCUT2D eigenvalue weighted by atomic mass is 10.1. The Morgan fingerprint density at radius 3 is 3.08 bits per heavy atom. The monoisotopic (exact) mass is 375 g/mol. The lowest BCUT2D eigenvalue weighted by molar-refractivity contribution is 0.0893. The Morgan fingerprint density at radius 1 is 1.38 bits per heavy atom. The van der Waals surface area contributed by atoms with Gasteiger partial charge >= 0.3 is 0 Å². The molecule has 1 aliphatic heterocycles. The number of rotatable bonds is 4. The number of nitrogens with two attached hydrogens (primary N) is 1. The first-order valence-corrected chi connectivity index (χ1v) is 9.03. The van der Waals surface area contributed by atoms with E-state index in [2.05, 4.69) is 30.2 Å². The van der Waals surface area contributed by atoms with Crippen LogP contribution in [0.1, 0.15) is 12.8 Å². The number of aromatic nitrogens is 4. The fraction of sp³-hybridized carbons (Fsp3) is 0.375. The summed E-state index contributed by atoms with van der Waals surface area (Å²) in [4.78, 5) is 18.8. The minimum Gasteiger partial charge on any atom is -0.384 e. The predicted octanol–water partition coefficient (Wildman–Crippen LogP) is 2.56. The highest BCUT2D eigenvalue weighted by molar-refractivity contribution is 7.22. The number of ether oxygens (including phenoxy) is 1. The number of pyridine rings is 1. The molecule has 3 aromatic rings.